The van der Waals surface area contributed by atoms with Crippen molar-refractivity contribution in [1.29, 1.82) is 5.26 Å². The molecule has 0 fully saturated rings. The van der Waals surface area contributed by atoms with Crippen molar-refractivity contribution in [1.82, 2.24) is 0 Å². The van der Waals surface area contributed by atoms with Gasteiger partial charge in [-0.25, -0.2) is 0 Å². The van der Waals surface area contributed by atoms with Crippen molar-refractivity contribution < 1.29 is 0 Å². The highest BCUT2D eigenvalue weighted by Crippen LogP contribution is 2.37. The molecule has 0 radical (unpaired) electrons. The predicted octanol–water partition coefficient (Wildman–Crippen LogP) is 7.43. The van der Waals surface area contributed by atoms with E-state index in [4.69, 9.17) is 5.26 Å². The second kappa shape index (κ2) is 6.93. The molecule has 136 valence electrons. The maximum Gasteiger partial charge on any atom is 0.0988 e. The van der Waals surface area contributed by atoms with E-state index < -0.39 is 0 Å². The Labute approximate surface area is 170 Å². The Bertz CT molecular complexity index is 1370. The van der Waals surface area contributed by atoms with E-state index in [0.717, 1.165) is 6.42 Å². The minimum atomic E-state index is 0.612. The van der Waals surface area contributed by atoms with Gasteiger partial charge in [-0.15, -0.1) is 0 Å². The minimum Gasteiger partial charge on any atom is -0.192 e. The van der Waals surface area contributed by atoms with E-state index in [2.05, 4.69) is 91.5 Å². The molecule has 0 aromatic heterocycles. The molecule has 0 N–H and O–H groups in total. The summed E-state index contributed by atoms with van der Waals surface area (Å²) in [5.74, 6) is 0. The van der Waals surface area contributed by atoms with Crippen LogP contribution in [0.2, 0.25) is 0 Å². The molecule has 0 saturated carbocycles. The molecule has 0 amide bonds. The number of nitriles is 1. The number of nitrogens with zero attached hydrogens (tertiary/aromatic N) is 1. The van der Waals surface area contributed by atoms with Crippen LogP contribution in [0.5, 0.6) is 0 Å². The maximum absolute atomic E-state index is 9.01. The van der Waals surface area contributed by atoms with Crippen molar-refractivity contribution in [2.24, 2.45) is 0 Å². The summed E-state index contributed by atoms with van der Waals surface area (Å²) in [5.41, 5.74) is 4.22. The fourth-order valence-corrected chi connectivity index (χ4v) is 4.16. The summed E-state index contributed by atoms with van der Waals surface area (Å²) in [6.07, 6.45) is 4.24. The molecule has 0 aliphatic carbocycles. The first kappa shape index (κ1) is 17.2. The first-order valence-electron chi connectivity index (χ1n) is 9.76. The van der Waals surface area contributed by atoms with Gasteiger partial charge in [0.2, 0.25) is 0 Å². The zero-order chi connectivity index (χ0) is 19.8. The summed E-state index contributed by atoms with van der Waals surface area (Å²) in [6.45, 7) is 3.67. The van der Waals surface area contributed by atoms with Gasteiger partial charge in [0.15, 0.2) is 0 Å². The standard InChI is InChI=1S/C28H19N/c1-2-19(18-29)6-7-20-8-10-21(11-9-20)26-16-24-14-12-22-4-3-5-23-13-15-25(17-26)28(24)27(22)23/h2-6,8-17H,1,7H2/b19-6+. The van der Waals surface area contributed by atoms with Crippen LogP contribution in [-0.2, 0) is 6.42 Å². The third-order valence-electron chi connectivity index (χ3n) is 5.66. The van der Waals surface area contributed by atoms with Crippen molar-refractivity contribution in [3.63, 3.8) is 0 Å². The second-order valence-corrected chi connectivity index (χ2v) is 7.38. The molecule has 0 aliphatic heterocycles. The van der Waals surface area contributed by atoms with E-state index in [1.54, 1.807) is 6.08 Å². The van der Waals surface area contributed by atoms with Crippen LogP contribution in [0.3, 0.4) is 0 Å². The van der Waals surface area contributed by atoms with Gasteiger partial charge in [-0.2, -0.15) is 5.26 Å². The number of hydrogen-bond donors (Lipinski definition) is 0. The lowest BCUT2D eigenvalue weighted by Gasteiger charge is -2.13. The van der Waals surface area contributed by atoms with Crippen molar-refractivity contribution in [2.45, 2.75) is 6.42 Å². The molecular formula is C28H19N. The lowest BCUT2D eigenvalue weighted by atomic mass is 9.91. The van der Waals surface area contributed by atoms with Crippen LogP contribution in [0.15, 0.2) is 103 Å². The molecule has 0 heterocycles. The molecular weight excluding hydrogens is 350 g/mol. The van der Waals surface area contributed by atoms with Gasteiger partial charge in [0.25, 0.3) is 0 Å². The molecule has 5 rings (SSSR count). The molecule has 1 nitrogen and oxygen atoms in total. The van der Waals surface area contributed by atoms with Gasteiger partial charge in [-0.3, -0.25) is 0 Å². The Morgan fingerprint density at radius 3 is 1.93 bits per heavy atom. The fraction of sp³-hybridized carbons (Fsp3) is 0.0357. The highest BCUT2D eigenvalue weighted by atomic mass is 14.2. The van der Waals surface area contributed by atoms with E-state index in [0.29, 0.717) is 5.57 Å². The summed E-state index contributed by atoms with van der Waals surface area (Å²) in [6, 6.07) is 30.7. The monoisotopic (exact) mass is 369 g/mol. The SMILES string of the molecule is C=C/C(C#N)=C\Cc1ccc(-c2cc3ccc4cccc5ccc(c2)c3c45)cc1. The highest BCUT2D eigenvalue weighted by molar-refractivity contribution is 6.23. The summed E-state index contributed by atoms with van der Waals surface area (Å²) in [4.78, 5) is 0. The zero-order valence-corrected chi connectivity index (χ0v) is 16.0. The molecule has 0 bridgehead atoms. The first-order chi connectivity index (χ1) is 14.3. The predicted molar refractivity (Wildman–Crippen MR) is 123 cm³/mol. The van der Waals surface area contributed by atoms with Crippen molar-refractivity contribution in [3.8, 4) is 17.2 Å². The first-order valence-corrected chi connectivity index (χ1v) is 9.76. The average Bonchev–Trinajstić information content (AvgIpc) is 2.78. The van der Waals surface area contributed by atoms with E-state index in [-0.39, 0.29) is 0 Å². The lowest BCUT2D eigenvalue weighted by molar-refractivity contribution is 1.26. The van der Waals surface area contributed by atoms with E-state index in [9.17, 15) is 0 Å². The van der Waals surface area contributed by atoms with Crippen molar-refractivity contribution in [2.75, 3.05) is 0 Å². The summed E-state index contributed by atoms with van der Waals surface area (Å²) in [7, 11) is 0. The number of allylic oxidation sites excluding steroid dienone is 3. The number of rotatable bonds is 4. The van der Waals surface area contributed by atoms with Gasteiger partial charge in [-0.1, -0.05) is 85.5 Å². The van der Waals surface area contributed by atoms with Crippen LogP contribution in [0.25, 0.3) is 43.4 Å². The Balaban J connectivity index is 1.57. The smallest absolute Gasteiger partial charge is 0.0988 e. The van der Waals surface area contributed by atoms with Crippen LogP contribution in [0, 0.1) is 11.3 Å². The Kier molecular flexibility index (Phi) is 4.12. The number of benzene rings is 5. The quantitative estimate of drug-likeness (QED) is 0.183. The van der Waals surface area contributed by atoms with Gasteiger partial charge in [-0.05, 0) is 67.6 Å². The molecule has 5 aromatic carbocycles. The largest absolute Gasteiger partial charge is 0.192 e. The van der Waals surface area contributed by atoms with Crippen molar-refractivity contribution >= 4 is 32.3 Å². The van der Waals surface area contributed by atoms with Gasteiger partial charge in [0.1, 0.15) is 0 Å². The second-order valence-electron chi connectivity index (χ2n) is 7.38. The molecule has 0 saturated heterocycles. The third-order valence-corrected chi connectivity index (χ3v) is 5.66. The maximum atomic E-state index is 9.01. The highest BCUT2D eigenvalue weighted by Gasteiger charge is 2.09. The normalized spacial score (nSPS) is 11.9. The van der Waals surface area contributed by atoms with Crippen molar-refractivity contribution in [3.05, 3.63) is 109 Å². The fourth-order valence-electron chi connectivity index (χ4n) is 4.16. The van der Waals surface area contributed by atoms with Crippen LogP contribution in [-0.4, -0.2) is 0 Å². The van der Waals surface area contributed by atoms with Gasteiger partial charge in [0, 0.05) is 5.57 Å². The molecule has 0 atom stereocenters. The topological polar surface area (TPSA) is 23.8 Å². The minimum absolute atomic E-state index is 0.612. The lowest BCUT2D eigenvalue weighted by Crippen LogP contribution is -1.87. The average molecular weight is 369 g/mol. The third kappa shape index (κ3) is 2.96. The molecule has 29 heavy (non-hydrogen) atoms. The summed E-state index contributed by atoms with van der Waals surface area (Å²) < 4.78 is 0. The van der Waals surface area contributed by atoms with E-state index in [1.165, 1.54) is 49.0 Å². The Hall–Kier alpha value is -3.89. The zero-order valence-electron chi connectivity index (χ0n) is 16.0. The van der Waals surface area contributed by atoms with Gasteiger partial charge < -0.3 is 0 Å². The summed E-state index contributed by atoms with van der Waals surface area (Å²) >= 11 is 0. The molecule has 0 unspecified atom stereocenters. The van der Waals surface area contributed by atoms with Crippen LogP contribution < -0.4 is 0 Å². The summed E-state index contributed by atoms with van der Waals surface area (Å²) in [5, 5.41) is 16.8. The van der Waals surface area contributed by atoms with Crippen LogP contribution in [0.1, 0.15) is 5.56 Å². The molecule has 1 heteroatoms. The van der Waals surface area contributed by atoms with Crippen LogP contribution in [0.4, 0.5) is 0 Å². The molecule has 0 aliphatic rings. The Morgan fingerprint density at radius 1 is 0.759 bits per heavy atom. The number of hydrogen-bond acceptors (Lipinski definition) is 1. The van der Waals surface area contributed by atoms with Gasteiger partial charge in [0.05, 0.1) is 6.07 Å². The van der Waals surface area contributed by atoms with Gasteiger partial charge >= 0.3 is 0 Å². The Morgan fingerprint density at radius 2 is 1.34 bits per heavy atom. The van der Waals surface area contributed by atoms with E-state index in [1.807, 2.05) is 6.08 Å². The van der Waals surface area contributed by atoms with E-state index >= 15 is 0 Å². The van der Waals surface area contributed by atoms with Crippen LogP contribution >= 0.6 is 0 Å². The molecule has 5 aromatic rings. The molecule has 0 spiro atoms.